The highest BCUT2D eigenvalue weighted by atomic mass is 15.3. The van der Waals surface area contributed by atoms with Crippen LogP contribution in [0.1, 0.15) is 27.2 Å². The van der Waals surface area contributed by atoms with Crippen molar-refractivity contribution in [3.63, 3.8) is 0 Å². The summed E-state index contributed by atoms with van der Waals surface area (Å²) >= 11 is 0. The van der Waals surface area contributed by atoms with E-state index < -0.39 is 0 Å². The molecule has 0 amide bonds. The minimum absolute atomic E-state index is 0.0342. The second-order valence-corrected chi connectivity index (χ2v) is 2.80. The van der Waals surface area contributed by atoms with Crippen LogP contribution in [0, 0.1) is 0 Å². The summed E-state index contributed by atoms with van der Waals surface area (Å²) in [5.74, 6) is 5.26. The zero-order valence-electron chi connectivity index (χ0n) is 6.44. The van der Waals surface area contributed by atoms with Crippen LogP contribution in [0.2, 0.25) is 0 Å². The number of nitrogens with two attached hydrogens (primary N) is 1. The Morgan fingerprint density at radius 2 is 2.11 bits per heavy atom. The molecule has 0 aliphatic carbocycles. The van der Waals surface area contributed by atoms with Gasteiger partial charge in [0.2, 0.25) is 0 Å². The van der Waals surface area contributed by atoms with Gasteiger partial charge in [0, 0.05) is 5.54 Å². The first-order valence-corrected chi connectivity index (χ1v) is 3.21. The van der Waals surface area contributed by atoms with Gasteiger partial charge >= 0.3 is 0 Å². The molecule has 0 aromatic carbocycles. The molecule has 0 rings (SSSR count). The lowest BCUT2D eigenvalue weighted by atomic mass is 10.0. The van der Waals surface area contributed by atoms with Gasteiger partial charge in [-0.05, 0) is 27.2 Å². The van der Waals surface area contributed by atoms with Crippen molar-refractivity contribution < 1.29 is 0 Å². The van der Waals surface area contributed by atoms with Crippen molar-refractivity contribution in [1.82, 2.24) is 5.43 Å². The number of hydrogen-bond donors (Lipinski definition) is 2. The zero-order valence-corrected chi connectivity index (χ0v) is 6.44. The monoisotopic (exact) mass is 128 g/mol. The number of hydrogen-bond acceptors (Lipinski definition) is 2. The van der Waals surface area contributed by atoms with Crippen LogP contribution >= 0.6 is 0 Å². The summed E-state index contributed by atoms with van der Waals surface area (Å²) in [6.07, 6.45) is 5.10. The maximum absolute atomic E-state index is 5.26. The summed E-state index contributed by atoms with van der Waals surface area (Å²) in [6.45, 7) is 6.13. The van der Waals surface area contributed by atoms with Crippen LogP contribution in [0.5, 0.6) is 0 Å². The van der Waals surface area contributed by atoms with Crippen molar-refractivity contribution in [2.45, 2.75) is 32.7 Å². The third kappa shape index (κ3) is 4.18. The quantitative estimate of drug-likeness (QED) is 0.340. The molecule has 2 heteroatoms. The van der Waals surface area contributed by atoms with Crippen molar-refractivity contribution in [3.8, 4) is 0 Å². The van der Waals surface area contributed by atoms with Gasteiger partial charge in [0.25, 0.3) is 0 Å². The topological polar surface area (TPSA) is 38.0 Å². The fourth-order valence-corrected chi connectivity index (χ4v) is 0.471. The molecule has 0 atom stereocenters. The van der Waals surface area contributed by atoms with Gasteiger partial charge in [0.15, 0.2) is 0 Å². The van der Waals surface area contributed by atoms with E-state index in [9.17, 15) is 0 Å². The second kappa shape index (κ2) is 3.64. The lowest BCUT2D eigenvalue weighted by Gasteiger charge is -2.20. The minimum Gasteiger partial charge on any atom is -0.271 e. The Bertz CT molecular complexity index is 95.1. The highest BCUT2D eigenvalue weighted by Crippen LogP contribution is 2.06. The lowest BCUT2D eigenvalue weighted by Crippen LogP contribution is -2.43. The van der Waals surface area contributed by atoms with E-state index in [-0.39, 0.29) is 5.54 Å². The molecule has 0 saturated heterocycles. The predicted molar refractivity (Wildman–Crippen MR) is 40.8 cm³/mol. The number of rotatable bonds is 3. The van der Waals surface area contributed by atoms with Crippen LogP contribution in [-0.4, -0.2) is 5.54 Å². The standard InChI is InChI=1S/C7H16N2/c1-4-5-6-7(2,3)9-8/h4-5,9H,6,8H2,1-3H3/b5-4+. The highest BCUT2D eigenvalue weighted by molar-refractivity contribution is 4.88. The van der Waals surface area contributed by atoms with Crippen LogP contribution in [0.25, 0.3) is 0 Å². The summed E-state index contributed by atoms with van der Waals surface area (Å²) in [5.41, 5.74) is 2.76. The van der Waals surface area contributed by atoms with Gasteiger partial charge in [0.05, 0.1) is 0 Å². The normalized spacial score (nSPS) is 12.9. The van der Waals surface area contributed by atoms with Crippen molar-refractivity contribution >= 4 is 0 Å². The fourth-order valence-electron chi connectivity index (χ4n) is 0.471. The van der Waals surface area contributed by atoms with Crippen LogP contribution in [0.15, 0.2) is 12.2 Å². The Morgan fingerprint density at radius 3 is 2.44 bits per heavy atom. The summed E-state index contributed by atoms with van der Waals surface area (Å²) in [5, 5.41) is 0. The van der Waals surface area contributed by atoms with E-state index in [0.717, 1.165) is 6.42 Å². The molecule has 0 aliphatic rings. The number of hydrazine groups is 1. The molecule has 54 valence electrons. The lowest BCUT2D eigenvalue weighted by molar-refractivity contribution is 0.402. The second-order valence-electron chi connectivity index (χ2n) is 2.80. The van der Waals surface area contributed by atoms with Gasteiger partial charge in [-0.15, -0.1) is 0 Å². The molecule has 0 unspecified atom stereocenters. The molecular formula is C7H16N2. The Hall–Kier alpha value is -0.340. The smallest absolute Gasteiger partial charge is 0.0299 e. The summed E-state index contributed by atoms with van der Waals surface area (Å²) in [6, 6.07) is 0. The van der Waals surface area contributed by atoms with Crippen LogP contribution in [0.3, 0.4) is 0 Å². The summed E-state index contributed by atoms with van der Waals surface area (Å²) in [4.78, 5) is 0. The first kappa shape index (κ1) is 8.66. The molecule has 0 aromatic rings. The van der Waals surface area contributed by atoms with Gasteiger partial charge < -0.3 is 0 Å². The SMILES string of the molecule is C/C=C/CC(C)(C)NN. The largest absolute Gasteiger partial charge is 0.271 e. The molecule has 0 saturated carbocycles. The summed E-state index contributed by atoms with van der Waals surface area (Å²) in [7, 11) is 0. The maximum atomic E-state index is 5.26. The Kier molecular flexibility index (Phi) is 3.50. The first-order valence-electron chi connectivity index (χ1n) is 3.21. The van der Waals surface area contributed by atoms with Gasteiger partial charge in [-0.3, -0.25) is 11.3 Å². The molecule has 0 spiro atoms. The van der Waals surface area contributed by atoms with E-state index in [4.69, 9.17) is 5.84 Å². The average Bonchev–Trinajstić information content (AvgIpc) is 1.84. The Labute approximate surface area is 57.1 Å². The highest BCUT2D eigenvalue weighted by Gasteiger charge is 2.11. The third-order valence-corrected chi connectivity index (χ3v) is 1.25. The van der Waals surface area contributed by atoms with Crippen LogP contribution in [0.4, 0.5) is 0 Å². The number of nitrogens with one attached hydrogen (secondary N) is 1. The molecule has 0 aromatic heterocycles. The van der Waals surface area contributed by atoms with E-state index in [2.05, 4.69) is 25.3 Å². The van der Waals surface area contributed by atoms with Gasteiger partial charge in [-0.2, -0.15) is 0 Å². The van der Waals surface area contributed by atoms with Crippen LogP contribution < -0.4 is 11.3 Å². The third-order valence-electron chi connectivity index (χ3n) is 1.25. The molecule has 0 bridgehead atoms. The number of allylic oxidation sites excluding steroid dienone is 1. The predicted octanol–water partition coefficient (Wildman–Crippen LogP) is 1.19. The van der Waals surface area contributed by atoms with Crippen molar-refractivity contribution in [3.05, 3.63) is 12.2 Å². The van der Waals surface area contributed by atoms with Gasteiger partial charge in [0.1, 0.15) is 0 Å². The summed E-state index contributed by atoms with van der Waals surface area (Å²) < 4.78 is 0. The molecular weight excluding hydrogens is 112 g/mol. The maximum Gasteiger partial charge on any atom is 0.0299 e. The van der Waals surface area contributed by atoms with Gasteiger partial charge in [-0.1, -0.05) is 12.2 Å². The molecule has 3 N–H and O–H groups in total. The van der Waals surface area contributed by atoms with E-state index >= 15 is 0 Å². The first-order chi connectivity index (χ1) is 4.12. The molecule has 2 nitrogen and oxygen atoms in total. The van der Waals surface area contributed by atoms with Crippen molar-refractivity contribution in [2.24, 2.45) is 5.84 Å². The molecule has 0 heterocycles. The molecule has 0 fully saturated rings. The van der Waals surface area contributed by atoms with Crippen molar-refractivity contribution in [2.75, 3.05) is 0 Å². The van der Waals surface area contributed by atoms with Crippen molar-refractivity contribution in [1.29, 1.82) is 0 Å². The van der Waals surface area contributed by atoms with E-state index in [1.807, 2.05) is 13.0 Å². The van der Waals surface area contributed by atoms with E-state index in [1.54, 1.807) is 0 Å². The fraction of sp³-hybridized carbons (Fsp3) is 0.714. The molecule has 0 radical (unpaired) electrons. The Balaban J connectivity index is 3.58. The van der Waals surface area contributed by atoms with Crippen LogP contribution in [-0.2, 0) is 0 Å². The zero-order chi connectivity index (χ0) is 7.33. The Morgan fingerprint density at radius 1 is 1.56 bits per heavy atom. The van der Waals surface area contributed by atoms with Gasteiger partial charge in [-0.25, -0.2) is 0 Å². The minimum atomic E-state index is 0.0342. The van der Waals surface area contributed by atoms with E-state index in [0.29, 0.717) is 0 Å². The van der Waals surface area contributed by atoms with E-state index in [1.165, 1.54) is 0 Å². The molecule has 9 heavy (non-hydrogen) atoms. The average molecular weight is 128 g/mol. The molecule has 0 aliphatic heterocycles.